The lowest BCUT2D eigenvalue weighted by Gasteiger charge is -2.24. The zero-order valence-corrected chi connectivity index (χ0v) is 15.1. The van der Waals surface area contributed by atoms with Crippen molar-refractivity contribution in [3.63, 3.8) is 0 Å². The third-order valence-corrected chi connectivity index (χ3v) is 4.55. The van der Waals surface area contributed by atoms with E-state index in [1.165, 1.54) is 0 Å². The van der Waals surface area contributed by atoms with Crippen LogP contribution in [-0.4, -0.2) is 16.5 Å². The van der Waals surface area contributed by atoms with E-state index in [2.05, 4.69) is 45.3 Å². The molecule has 0 amide bonds. The quantitative estimate of drug-likeness (QED) is 0.520. The summed E-state index contributed by atoms with van der Waals surface area (Å²) >= 11 is 0. The number of fused-ring (bicyclic) bond motifs is 1. The van der Waals surface area contributed by atoms with Crippen molar-refractivity contribution in [1.82, 2.24) is 9.97 Å². The Morgan fingerprint density at radius 3 is 2.44 bits per heavy atom. The zero-order valence-electron chi connectivity index (χ0n) is 15.1. The molecule has 0 bridgehead atoms. The Morgan fingerprint density at radius 1 is 0.889 bits per heavy atom. The minimum atomic E-state index is 0.524. The van der Waals surface area contributed by atoms with Crippen LogP contribution in [-0.2, 0) is 0 Å². The summed E-state index contributed by atoms with van der Waals surface area (Å²) in [5.41, 5.74) is 8.99. The minimum Gasteiger partial charge on any atom is -0.393 e. The Morgan fingerprint density at radius 2 is 1.63 bits per heavy atom. The lowest BCUT2D eigenvalue weighted by atomic mass is 10.1. The highest BCUT2D eigenvalue weighted by Crippen LogP contribution is 2.34. The number of nitrogens with one attached hydrogen (secondary N) is 1. The molecule has 4 aromatic rings. The first-order chi connectivity index (χ1) is 13.3. The van der Waals surface area contributed by atoms with Gasteiger partial charge in [-0.1, -0.05) is 54.6 Å². The third kappa shape index (κ3) is 3.27. The van der Waals surface area contributed by atoms with Gasteiger partial charge in [0.15, 0.2) is 11.6 Å². The van der Waals surface area contributed by atoms with Gasteiger partial charge in [-0.2, -0.15) is 0 Å². The fraction of sp³-hybridized carbons (Fsp3) is 0.0909. The molecule has 5 heteroatoms. The van der Waals surface area contributed by atoms with Gasteiger partial charge < -0.3 is 16.0 Å². The second kappa shape index (κ2) is 7.33. The van der Waals surface area contributed by atoms with E-state index in [4.69, 9.17) is 5.73 Å². The average molecular weight is 355 g/mol. The molecule has 1 heterocycles. The van der Waals surface area contributed by atoms with Gasteiger partial charge >= 0.3 is 0 Å². The highest BCUT2D eigenvalue weighted by Gasteiger charge is 2.16. The number of nitrogens with two attached hydrogens (primary N) is 1. The van der Waals surface area contributed by atoms with Crippen molar-refractivity contribution in [3.8, 4) is 0 Å². The van der Waals surface area contributed by atoms with Crippen molar-refractivity contribution in [1.29, 1.82) is 0 Å². The molecule has 0 radical (unpaired) electrons. The summed E-state index contributed by atoms with van der Waals surface area (Å²) in [6, 6.07) is 24.4. The van der Waals surface area contributed by atoms with Crippen molar-refractivity contribution >= 4 is 39.5 Å². The number of hydrogen-bond donors (Lipinski definition) is 2. The van der Waals surface area contributed by atoms with Crippen LogP contribution >= 0.6 is 0 Å². The Balaban J connectivity index is 1.74. The molecule has 0 spiro atoms. The van der Waals surface area contributed by atoms with Crippen molar-refractivity contribution in [2.45, 2.75) is 6.92 Å². The molecule has 134 valence electrons. The molecule has 0 unspecified atom stereocenters. The van der Waals surface area contributed by atoms with Gasteiger partial charge in [0.25, 0.3) is 0 Å². The van der Waals surface area contributed by atoms with E-state index in [0.717, 1.165) is 28.7 Å². The maximum Gasteiger partial charge on any atom is 0.161 e. The summed E-state index contributed by atoms with van der Waals surface area (Å²) in [4.78, 5) is 10.9. The van der Waals surface area contributed by atoms with Crippen molar-refractivity contribution < 1.29 is 0 Å². The van der Waals surface area contributed by atoms with Gasteiger partial charge in [0.1, 0.15) is 12.0 Å². The molecule has 4 rings (SSSR count). The topological polar surface area (TPSA) is 67.1 Å². The summed E-state index contributed by atoms with van der Waals surface area (Å²) in [6.45, 7) is 2.82. The molecule has 0 aliphatic carbocycles. The number of anilines is 5. The summed E-state index contributed by atoms with van der Waals surface area (Å²) in [6.07, 6.45) is 1.55. The van der Waals surface area contributed by atoms with Crippen LogP contribution in [0.25, 0.3) is 10.8 Å². The number of aromatic nitrogens is 2. The van der Waals surface area contributed by atoms with E-state index in [1.807, 2.05) is 54.6 Å². The van der Waals surface area contributed by atoms with Gasteiger partial charge in [-0.25, -0.2) is 9.97 Å². The lowest BCUT2D eigenvalue weighted by Crippen LogP contribution is -2.19. The highest BCUT2D eigenvalue weighted by atomic mass is 15.2. The molecule has 0 saturated carbocycles. The van der Waals surface area contributed by atoms with Gasteiger partial charge in [-0.3, -0.25) is 0 Å². The van der Waals surface area contributed by atoms with Gasteiger partial charge in [-0.05, 0) is 30.5 Å². The molecule has 0 atom stereocenters. The fourth-order valence-electron chi connectivity index (χ4n) is 3.23. The van der Waals surface area contributed by atoms with Crippen LogP contribution in [0.2, 0.25) is 0 Å². The summed E-state index contributed by atoms with van der Waals surface area (Å²) < 4.78 is 0. The number of rotatable bonds is 5. The van der Waals surface area contributed by atoms with Gasteiger partial charge in [-0.15, -0.1) is 0 Å². The average Bonchev–Trinajstić information content (AvgIpc) is 2.72. The van der Waals surface area contributed by atoms with E-state index in [9.17, 15) is 0 Å². The van der Waals surface area contributed by atoms with Crippen LogP contribution in [0.1, 0.15) is 6.92 Å². The van der Waals surface area contributed by atoms with Crippen LogP contribution in [0.5, 0.6) is 0 Å². The van der Waals surface area contributed by atoms with Crippen molar-refractivity contribution in [3.05, 3.63) is 79.1 Å². The summed E-state index contributed by atoms with van der Waals surface area (Å²) in [7, 11) is 0. The van der Waals surface area contributed by atoms with Crippen LogP contribution in [0.4, 0.5) is 28.7 Å². The van der Waals surface area contributed by atoms with Gasteiger partial charge in [0.05, 0.1) is 0 Å². The fourth-order valence-corrected chi connectivity index (χ4v) is 3.23. The molecule has 3 N–H and O–H groups in total. The van der Waals surface area contributed by atoms with Crippen LogP contribution in [0, 0.1) is 0 Å². The molecule has 5 nitrogen and oxygen atoms in total. The Kier molecular flexibility index (Phi) is 4.58. The van der Waals surface area contributed by atoms with Crippen molar-refractivity contribution in [2.24, 2.45) is 0 Å². The van der Waals surface area contributed by atoms with Gasteiger partial charge in [0, 0.05) is 23.3 Å². The third-order valence-electron chi connectivity index (χ3n) is 4.55. The van der Waals surface area contributed by atoms with Crippen molar-refractivity contribution in [2.75, 3.05) is 22.5 Å². The number of nitrogen functional groups attached to an aromatic ring is 1. The molecular formula is C22H21N5. The van der Waals surface area contributed by atoms with E-state index >= 15 is 0 Å². The first-order valence-electron chi connectivity index (χ1n) is 8.95. The van der Waals surface area contributed by atoms with E-state index in [-0.39, 0.29) is 0 Å². The van der Waals surface area contributed by atoms with Crippen LogP contribution < -0.4 is 16.0 Å². The van der Waals surface area contributed by atoms with E-state index < -0.39 is 0 Å². The van der Waals surface area contributed by atoms with E-state index in [1.54, 1.807) is 6.33 Å². The zero-order chi connectivity index (χ0) is 18.6. The molecule has 0 fully saturated rings. The number of benzene rings is 3. The highest BCUT2D eigenvalue weighted by molar-refractivity contribution is 5.96. The Labute approximate surface area is 158 Å². The SMILES string of the molecule is CCN(c1ccccc1)c1ncnc(Nc2cccc3ccccc23)c1N. The van der Waals surface area contributed by atoms with E-state index in [0.29, 0.717) is 17.3 Å². The lowest BCUT2D eigenvalue weighted by molar-refractivity contribution is 0.980. The normalized spacial score (nSPS) is 10.7. The Hall–Kier alpha value is -3.60. The minimum absolute atomic E-state index is 0.524. The number of para-hydroxylation sites is 1. The molecule has 1 aromatic heterocycles. The molecule has 0 saturated heterocycles. The van der Waals surface area contributed by atoms with Gasteiger partial charge in [0.2, 0.25) is 0 Å². The monoisotopic (exact) mass is 355 g/mol. The molecule has 0 aliphatic heterocycles. The summed E-state index contributed by atoms with van der Waals surface area (Å²) in [5, 5.41) is 5.67. The van der Waals surface area contributed by atoms with Crippen LogP contribution in [0.3, 0.4) is 0 Å². The standard InChI is InChI=1S/C22H21N5/c1-2-27(17-11-4-3-5-12-17)22-20(23)21(24-15-25-22)26-19-14-8-10-16-9-6-7-13-18(16)19/h3-15H,2,23H2,1H3,(H,24,25,26). The molecule has 0 aliphatic rings. The largest absolute Gasteiger partial charge is 0.393 e. The maximum atomic E-state index is 6.46. The molecule has 27 heavy (non-hydrogen) atoms. The second-order valence-corrected chi connectivity index (χ2v) is 6.19. The Bertz CT molecular complexity index is 1060. The first kappa shape index (κ1) is 16.8. The maximum absolute atomic E-state index is 6.46. The molecular weight excluding hydrogens is 334 g/mol. The predicted molar refractivity (Wildman–Crippen MR) is 113 cm³/mol. The number of hydrogen-bond acceptors (Lipinski definition) is 5. The summed E-state index contributed by atoms with van der Waals surface area (Å²) in [5.74, 6) is 1.30. The molecule has 3 aromatic carbocycles. The van der Waals surface area contributed by atoms with Crippen LogP contribution in [0.15, 0.2) is 79.1 Å². The predicted octanol–water partition coefficient (Wildman–Crippen LogP) is 5.11. The number of nitrogens with zero attached hydrogens (tertiary/aromatic N) is 3. The first-order valence-corrected chi connectivity index (χ1v) is 8.95. The second-order valence-electron chi connectivity index (χ2n) is 6.19. The smallest absolute Gasteiger partial charge is 0.161 e.